The highest BCUT2D eigenvalue weighted by atomic mass is 32.2. The molecule has 8 nitrogen and oxygen atoms in total. The van der Waals surface area contributed by atoms with E-state index in [0.717, 1.165) is 0 Å². The maximum atomic E-state index is 10.7. The van der Waals surface area contributed by atoms with Gasteiger partial charge in [0.25, 0.3) is 0 Å². The van der Waals surface area contributed by atoms with Gasteiger partial charge >= 0.3 is 5.97 Å². The Labute approximate surface area is 116 Å². The molecular weight excluding hydrogens is 268 g/mol. The quantitative estimate of drug-likeness (QED) is 0.669. The van der Waals surface area contributed by atoms with Crippen LogP contribution >= 0.6 is 11.8 Å². The first-order valence-electron chi connectivity index (χ1n) is 5.53. The van der Waals surface area contributed by atoms with Crippen molar-refractivity contribution in [3.63, 3.8) is 0 Å². The summed E-state index contributed by atoms with van der Waals surface area (Å²) in [5.41, 5.74) is 5.45. The molecule has 0 saturated heterocycles. The van der Waals surface area contributed by atoms with Crippen LogP contribution in [0.5, 0.6) is 0 Å². The van der Waals surface area contributed by atoms with Crippen LogP contribution in [0.2, 0.25) is 0 Å². The smallest absolute Gasteiger partial charge is 0.321 e. The normalized spacial score (nSPS) is 12.1. The van der Waals surface area contributed by atoms with Crippen molar-refractivity contribution in [2.45, 2.75) is 11.2 Å². The molecule has 0 amide bonds. The van der Waals surface area contributed by atoms with Gasteiger partial charge in [-0.05, 0) is 0 Å². The molecule has 0 saturated carbocycles. The third kappa shape index (κ3) is 4.52. The van der Waals surface area contributed by atoms with Crippen molar-refractivity contribution >= 4 is 29.6 Å². The summed E-state index contributed by atoms with van der Waals surface area (Å²) in [5.74, 6) is 0.205. The van der Waals surface area contributed by atoms with Crippen molar-refractivity contribution in [2.75, 3.05) is 43.7 Å². The Kier molecular flexibility index (Phi) is 5.31. The van der Waals surface area contributed by atoms with Crippen LogP contribution in [0.1, 0.15) is 0 Å². The van der Waals surface area contributed by atoms with E-state index in [2.05, 4.69) is 15.0 Å². The highest BCUT2D eigenvalue weighted by molar-refractivity contribution is 7.99. The van der Waals surface area contributed by atoms with Crippen LogP contribution in [-0.2, 0) is 4.79 Å². The number of aromatic nitrogens is 3. The standard InChI is InChI=1S/C10H18N6O2S/c1-15(2)8-12-9(16(3)4)14-10(13-8)19-5-6(11)7(17)18/h6H,5,11H2,1-4H3,(H,17,18)/t6-/m0/s1. The van der Waals surface area contributed by atoms with Gasteiger partial charge in [0.15, 0.2) is 5.16 Å². The molecule has 1 aromatic rings. The zero-order valence-electron chi connectivity index (χ0n) is 11.4. The van der Waals surface area contributed by atoms with E-state index in [4.69, 9.17) is 10.8 Å². The molecule has 0 aliphatic rings. The van der Waals surface area contributed by atoms with Gasteiger partial charge in [-0.25, -0.2) is 0 Å². The number of carboxylic acid groups (broad SMARTS) is 1. The van der Waals surface area contributed by atoms with Crippen LogP contribution in [0.4, 0.5) is 11.9 Å². The van der Waals surface area contributed by atoms with E-state index in [9.17, 15) is 4.79 Å². The number of anilines is 2. The van der Waals surface area contributed by atoms with Crippen LogP contribution in [0.15, 0.2) is 5.16 Å². The summed E-state index contributed by atoms with van der Waals surface area (Å²) in [6.45, 7) is 0. The molecule has 19 heavy (non-hydrogen) atoms. The van der Waals surface area contributed by atoms with Crippen LogP contribution in [0, 0.1) is 0 Å². The van der Waals surface area contributed by atoms with E-state index < -0.39 is 12.0 Å². The van der Waals surface area contributed by atoms with E-state index in [1.807, 2.05) is 28.2 Å². The zero-order valence-corrected chi connectivity index (χ0v) is 12.2. The Morgan fingerprint density at radius 1 is 1.21 bits per heavy atom. The number of nitrogens with zero attached hydrogens (tertiary/aromatic N) is 5. The van der Waals surface area contributed by atoms with Crippen molar-refractivity contribution < 1.29 is 9.90 Å². The fourth-order valence-corrected chi connectivity index (χ4v) is 1.80. The molecule has 0 aliphatic carbocycles. The summed E-state index contributed by atoms with van der Waals surface area (Å²) in [6, 6.07) is -0.938. The Morgan fingerprint density at radius 2 is 1.68 bits per heavy atom. The summed E-state index contributed by atoms with van der Waals surface area (Å²) in [7, 11) is 7.30. The molecule has 0 aromatic carbocycles. The second-order valence-electron chi connectivity index (χ2n) is 4.26. The Morgan fingerprint density at radius 3 is 2.05 bits per heavy atom. The fourth-order valence-electron chi connectivity index (χ4n) is 1.04. The van der Waals surface area contributed by atoms with Crippen molar-refractivity contribution in [3.8, 4) is 0 Å². The van der Waals surface area contributed by atoms with E-state index >= 15 is 0 Å². The van der Waals surface area contributed by atoms with Crippen LogP contribution in [-0.4, -0.2) is 66.0 Å². The lowest BCUT2D eigenvalue weighted by Crippen LogP contribution is -2.32. The maximum Gasteiger partial charge on any atom is 0.321 e. The second-order valence-corrected chi connectivity index (χ2v) is 5.25. The summed E-state index contributed by atoms with van der Waals surface area (Å²) in [5, 5.41) is 9.20. The largest absolute Gasteiger partial charge is 0.480 e. The molecule has 0 radical (unpaired) electrons. The fraction of sp³-hybridized carbons (Fsp3) is 0.600. The van der Waals surface area contributed by atoms with Crippen molar-refractivity contribution in [3.05, 3.63) is 0 Å². The maximum absolute atomic E-state index is 10.7. The average Bonchev–Trinajstić information content (AvgIpc) is 2.35. The second kappa shape index (κ2) is 6.53. The first-order valence-corrected chi connectivity index (χ1v) is 6.51. The SMILES string of the molecule is CN(C)c1nc(SC[C@H](N)C(=O)O)nc(N(C)C)n1. The van der Waals surface area contributed by atoms with Gasteiger partial charge in [0.1, 0.15) is 6.04 Å². The van der Waals surface area contributed by atoms with Gasteiger partial charge in [-0.15, -0.1) is 0 Å². The molecule has 106 valence electrons. The minimum absolute atomic E-state index is 0.207. The van der Waals surface area contributed by atoms with Crippen molar-refractivity contribution in [1.82, 2.24) is 15.0 Å². The topological polar surface area (TPSA) is 108 Å². The predicted octanol–water partition coefficient (Wildman–Crippen LogP) is -0.492. The minimum atomic E-state index is -1.04. The number of rotatable bonds is 6. The molecule has 0 aliphatic heterocycles. The molecule has 1 rings (SSSR count). The lowest BCUT2D eigenvalue weighted by Gasteiger charge is -2.16. The van der Waals surface area contributed by atoms with Crippen LogP contribution in [0.25, 0.3) is 0 Å². The first-order chi connectivity index (χ1) is 8.81. The minimum Gasteiger partial charge on any atom is -0.480 e. The number of carboxylic acids is 1. The van der Waals surface area contributed by atoms with Gasteiger partial charge in [0.05, 0.1) is 0 Å². The Bertz CT molecular complexity index is 427. The number of thioether (sulfide) groups is 1. The third-order valence-electron chi connectivity index (χ3n) is 2.10. The van der Waals surface area contributed by atoms with Crippen LogP contribution < -0.4 is 15.5 Å². The lowest BCUT2D eigenvalue weighted by atomic mass is 10.4. The zero-order chi connectivity index (χ0) is 14.6. The van der Waals surface area contributed by atoms with Gasteiger partial charge in [0.2, 0.25) is 11.9 Å². The van der Waals surface area contributed by atoms with Crippen LogP contribution in [0.3, 0.4) is 0 Å². The number of hydrogen-bond donors (Lipinski definition) is 2. The number of aliphatic carboxylic acids is 1. The van der Waals surface area contributed by atoms with E-state index in [1.165, 1.54) is 11.8 Å². The predicted molar refractivity (Wildman–Crippen MR) is 74.8 cm³/mol. The van der Waals surface area contributed by atoms with Gasteiger partial charge in [0, 0.05) is 33.9 Å². The lowest BCUT2D eigenvalue weighted by molar-refractivity contribution is -0.137. The van der Waals surface area contributed by atoms with E-state index in [1.54, 1.807) is 9.80 Å². The molecule has 0 fully saturated rings. The highest BCUT2D eigenvalue weighted by Crippen LogP contribution is 2.19. The van der Waals surface area contributed by atoms with Gasteiger partial charge in [-0.2, -0.15) is 15.0 Å². The average molecular weight is 286 g/mol. The summed E-state index contributed by atoms with van der Waals surface area (Å²) in [4.78, 5) is 26.9. The monoisotopic (exact) mass is 286 g/mol. The molecule has 0 unspecified atom stereocenters. The number of carbonyl (C=O) groups is 1. The van der Waals surface area contributed by atoms with Gasteiger partial charge < -0.3 is 20.6 Å². The molecule has 1 heterocycles. The molecule has 1 aromatic heterocycles. The van der Waals surface area contributed by atoms with E-state index in [-0.39, 0.29) is 5.75 Å². The Balaban J connectivity index is 2.90. The van der Waals surface area contributed by atoms with E-state index in [0.29, 0.717) is 17.1 Å². The number of nitrogens with two attached hydrogens (primary N) is 1. The summed E-state index contributed by atoms with van der Waals surface area (Å²) >= 11 is 1.20. The van der Waals surface area contributed by atoms with Crippen molar-refractivity contribution in [1.29, 1.82) is 0 Å². The molecular formula is C10H18N6O2S. The molecule has 0 spiro atoms. The molecule has 9 heteroatoms. The third-order valence-corrected chi connectivity index (χ3v) is 3.07. The number of hydrogen-bond acceptors (Lipinski definition) is 8. The van der Waals surface area contributed by atoms with Crippen molar-refractivity contribution in [2.24, 2.45) is 5.73 Å². The Hall–Kier alpha value is -1.61. The molecule has 3 N–H and O–H groups in total. The van der Waals surface area contributed by atoms with Gasteiger partial charge in [-0.3, -0.25) is 4.79 Å². The summed E-state index contributed by atoms with van der Waals surface area (Å²) in [6.07, 6.45) is 0. The molecule has 0 bridgehead atoms. The highest BCUT2D eigenvalue weighted by Gasteiger charge is 2.15. The van der Waals surface area contributed by atoms with Gasteiger partial charge in [-0.1, -0.05) is 11.8 Å². The summed E-state index contributed by atoms with van der Waals surface area (Å²) < 4.78 is 0. The molecule has 1 atom stereocenters. The first kappa shape index (κ1) is 15.4.